The van der Waals surface area contributed by atoms with E-state index >= 15 is 0 Å². The molecule has 0 spiro atoms. The van der Waals surface area contributed by atoms with Crippen molar-refractivity contribution in [1.29, 1.82) is 0 Å². The first-order valence-corrected chi connectivity index (χ1v) is 10.4. The van der Waals surface area contributed by atoms with Gasteiger partial charge in [0.15, 0.2) is 14.7 Å². The lowest BCUT2D eigenvalue weighted by molar-refractivity contribution is -0.175. The van der Waals surface area contributed by atoms with Gasteiger partial charge in [0.05, 0.1) is 6.61 Å². The van der Waals surface area contributed by atoms with Gasteiger partial charge in [0.1, 0.15) is 29.7 Å². The molecule has 0 heterocycles. The van der Waals surface area contributed by atoms with Gasteiger partial charge in [-0.3, -0.25) is 0 Å². The van der Waals surface area contributed by atoms with E-state index in [4.69, 9.17) is 4.74 Å². The molecule has 0 saturated carbocycles. The van der Waals surface area contributed by atoms with Crippen LogP contribution in [0.3, 0.4) is 0 Å². The summed E-state index contributed by atoms with van der Waals surface area (Å²) < 4.78 is 46.1. The average molecular weight is 433 g/mol. The van der Waals surface area contributed by atoms with Crippen LogP contribution in [0.2, 0.25) is 0 Å². The minimum Gasteiger partial charge on any atom is -0.460 e. The van der Waals surface area contributed by atoms with Gasteiger partial charge in [0.2, 0.25) is 0 Å². The largest absolute Gasteiger partial charge is 0.460 e. The number of hydrogen-bond acceptors (Lipinski definition) is 3. The quantitative estimate of drug-likeness (QED) is 0.267. The standard InChI is InChI=1S/C23H20F3O3S/c24-23(25,26)17-28-15-16-29-22(27)20-13-7-8-14-21(20)30(18-9-3-1-4-10-18)19-11-5-2-6-12-19/h1-14H,15-17H2/q+1. The molecule has 7 heteroatoms. The van der Waals surface area contributed by atoms with Gasteiger partial charge in [-0.1, -0.05) is 48.5 Å². The van der Waals surface area contributed by atoms with Gasteiger partial charge in [-0.25, -0.2) is 4.79 Å². The minimum atomic E-state index is -4.41. The third-order valence-corrected chi connectivity index (χ3v) is 6.29. The van der Waals surface area contributed by atoms with E-state index in [2.05, 4.69) is 4.74 Å². The van der Waals surface area contributed by atoms with E-state index < -0.39 is 29.6 Å². The van der Waals surface area contributed by atoms with Crippen molar-refractivity contribution in [3.05, 3.63) is 90.5 Å². The Balaban J connectivity index is 1.82. The highest BCUT2D eigenvalue weighted by Crippen LogP contribution is 2.33. The maximum absolute atomic E-state index is 12.7. The summed E-state index contributed by atoms with van der Waals surface area (Å²) in [6, 6.07) is 26.8. The molecule has 0 unspecified atom stereocenters. The second kappa shape index (κ2) is 10.3. The lowest BCUT2D eigenvalue weighted by atomic mass is 10.2. The van der Waals surface area contributed by atoms with Gasteiger partial charge in [-0.2, -0.15) is 13.2 Å². The number of hydrogen-bond donors (Lipinski definition) is 0. The molecule has 0 bridgehead atoms. The van der Waals surface area contributed by atoms with Crippen LogP contribution in [0.5, 0.6) is 0 Å². The highest BCUT2D eigenvalue weighted by atomic mass is 32.2. The van der Waals surface area contributed by atoms with E-state index in [0.717, 1.165) is 14.7 Å². The van der Waals surface area contributed by atoms with Crippen LogP contribution in [0.15, 0.2) is 99.6 Å². The summed E-state index contributed by atoms with van der Waals surface area (Å²) in [7, 11) is -0.548. The number of benzene rings is 3. The van der Waals surface area contributed by atoms with Crippen molar-refractivity contribution < 1.29 is 27.4 Å². The normalized spacial score (nSPS) is 11.5. The van der Waals surface area contributed by atoms with Gasteiger partial charge < -0.3 is 9.47 Å². The second-order valence-corrected chi connectivity index (χ2v) is 8.23. The van der Waals surface area contributed by atoms with Crippen molar-refractivity contribution >= 4 is 16.9 Å². The van der Waals surface area contributed by atoms with Crippen LogP contribution in [0, 0.1) is 0 Å². The fraction of sp³-hybridized carbons (Fsp3) is 0.174. The van der Waals surface area contributed by atoms with E-state index in [1.807, 2.05) is 72.8 Å². The first-order chi connectivity index (χ1) is 14.5. The maximum atomic E-state index is 12.7. The molecule has 0 atom stereocenters. The van der Waals surface area contributed by atoms with Crippen molar-refractivity contribution in [2.45, 2.75) is 20.9 Å². The fourth-order valence-electron chi connectivity index (χ4n) is 2.78. The topological polar surface area (TPSA) is 35.5 Å². The molecule has 156 valence electrons. The number of carbonyl (C=O) groups excluding carboxylic acids is 1. The smallest absolute Gasteiger partial charge is 0.411 e. The number of halogens is 3. The van der Waals surface area contributed by atoms with Crippen LogP contribution in [-0.4, -0.2) is 32.0 Å². The van der Waals surface area contributed by atoms with Crippen LogP contribution in [0.25, 0.3) is 0 Å². The SMILES string of the molecule is O=C(OCCOCC(F)(F)F)c1ccccc1[S+](c1ccccc1)c1ccccc1. The average Bonchev–Trinajstić information content (AvgIpc) is 2.75. The molecule has 3 aromatic rings. The Morgan fingerprint density at radius 2 is 1.30 bits per heavy atom. The summed E-state index contributed by atoms with van der Waals surface area (Å²) in [5, 5.41) is 0. The number of ether oxygens (including phenoxy) is 2. The molecule has 0 amide bonds. The third kappa shape index (κ3) is 6.11. The summed E-state index contributed by atoms with van der Waals surface area (Å²) in [6.45, 7) is -1.95. The lowest BCUT2D eigenvalue weighted by Gasteiger charge is -2.12. The van der Waals surface area contributed by atoms with Crippen LogP contribution in [0.1, 0.15) is 10.4 Å². The van der Waals surface area contributed by atoms with Crippen molar-refractivity contribution in [2.75, 3.05) is 19.8 Å². The molecule has 0 aliphatic carbocycles. The lowest BCUT2D eigenvalue weighted by Crippen LogP contribution is -2.20. The molecule has 0 saturated heterocycles. The minimum absolute atomic E-state index is 0.256. The number of esters is 1. The molecule has 0 aliphatic rings. The van der Waals surface area contributed by atoms with Crippen molar-refractivity contribution in [3.63, 3.8) is 0 Å². The molecule has 0 N–H and O–H groups in total. The highest BCUT2D eigenvalue weighted by Gasteiger charge is 2.33. The second-order valence-electron chi connectivity index (χ2n) is 6.23. The van der Waals surface area contributed by atoms with Crippen molar-refractivity contribution in [3.8, 4) is 0 Å². The monoisotopic (exact) mass is 433 g/mol. The molecule has 0 aliphatic heterocycles. The maximum Gasteiger partial charge on any atom is 0.411 e. The summed E-state index contributed by atoms with van der Waals surface area (Å²) in [6.07, 6.45) is -4.41. The Bertz CT molecular complexity index is 907. The molecule has 30 heavy (non-hydrogen) atoms. The molecule has 3 rings (SSSR count). The summed E-state index contributed by atoms with van der Waals surface area (Å²) in [4.78, 5) is 15.6. The highest BCUT2D eigenvalue weighted by molar-refractivity contribution is 7.97. The van der Waals surface area contributed by atoms with Gasteiger partial charge in [-0.05, 0) is 36.4 Å². The molecule has 3 nitrogen and oxygen atoms in total. The summed E-state index contributed by atoms with van der Waals surface area (Å²) >= 11 is 0. The van der Waals surface area contributed by atoms with Gasteiger partial charge in [0.25, 0.3) is 0 Å². The molecule has 0 aromatic heterocycles. The van der Waals surface area contributed by atoms with E-state index in [0.29, 0.717) is 5.56 Å². The molecule has 3 aromatic carbocycles. The van der Waals surface area contributed by atoms with E-state index in [1.54, 1.807) is 12.1 Å². The zero-order valence-corrected chi connectivity index (χ0v) is 16.8. The van der Waals surface area contributed by atoms with Crippen molar-refractivity contribution in [2.24, 2.45) is 0 Å². The molecular weight excluding hydrogens is 413 g/mol. The first-order valence-electron chi connectivity index (χ1n) is 9.21. The van der Waals surface area contributed by atoms with Crippen LogP contribution >= 0.6 is 0 Å². The third-order valence-electron chi connectivity index (χ3n) is 4.01. The van der Waals surface area contributed by atoms with Gasteiger partial charge >= 0.3 is 12.1 Å². The fourth-order valence-corrected chi connectivity index (χ4v) is 5.00. The van der Waals surface area contributed by atoms with Gasteiger partial charge in [0, 0.05) is 0 Å². The van der Waals surface area contributed by atoms with Crippen LogP contribution in [0.4, 0.5) is 13.2 Å². The van der Waals surface area contributed by atoms with Crippen LogP contribution < -0.4 is 0 Å². The van der Waals surface area contributed by atoms with Gasteiger partial charge in [-0.15, -0.1) is 0 Å². The Morgan fingerprint density at radius 1 is 0.767 bits per heavy atom. The van der Waals surface area contributed by atoms with Crippen LogP contribution in [-0.2, 0) is 20.4 Å². The summed E-state index contributed by atoms with van der Waals surface area (Å²) in [5.41, 5.74) is 0.379. The Labute approximate surface area is 175 Å². The Hall–Kier alpha value is -2.77. The first kappa shape index (κ1) is 21.9. The Morgan fingerprint density at radius 3 is 1.87 bits per heavy atom. The summed E-state index contributed by atoms with van der Waals surface area (Å²) in [5.74, 6) is -0.592. The van der Waals surface area contributed by atoms with E-state index in [-0.39, 0.29) is 13.2 Å². The predicted molar refractivity (Wildman–Crippen MR) is 109 cm³/mol. The van der Waals surface area contributed by atoms with Crippen molar-refractivity contribution in [1.82, 2.24) is 0 Å². The number of carbonyl (C=O) groups is 1. The zero-order valence-electron chi connectivity index (χ0n) is 16.0. The Kier molecular flexibility index (Phi) is 7.54. The van der Waals surface area contributed by atoms with E-state index in [1.165, 1.54) is 0 Å². The van der Waals surface area contributed by atoms with E-state index in [9.17, 15) is 18.0 Å². The number of rotatable bonds is 8. The molecule has 0 fully saturated rings. The number of alkyl halides is 3. The zero-order chi connectivity index (χ0) is 21.4. The predicted octanol–water partition coefficient (Wildman–Crippen LogP) is 5.52. The molecular formula is C23H20F3O3S+. The molecule has 0 radical (unpaired) electrons.